The molecule has 0 saturated carbocycles. The minimum atomic E-state index is 0.283. The van der Waals surface area contributed by atoms with E-state index in [9.17, 15) is 4.79 Å². The second-order valence-corrected chi connectivity index (χ2v) is 7.45. The molecule has 0 unspecified atom stereocenters. The molecule has 2 aliphatic rings. The molecular formula is C21H27N3O2. The first-order valence-corrected chi connectivity index (χ1v) is 9.77. The molecule has 1 aromatic heterocycles. The SMILES string of the molecule is CCN1CCC(CC(=O)N2CCc3onc(-c4ccccc4)c3C2)CC1. The molecule has 0 spiro atoms. The molecule has 1 aromatic carbocycles. The maximum atomic E-state index is 12.9. The average molecular weight is 353 g/mol. The Morgan fingerprint density at radius 1 is 1.19 bits per heavy atom. The Morgan fingerprint density at radius 3 is 2.69 bits per heavy atom. The lowest BCUT2D eigenvalue weighted by atomic mass is 9.92. The fourth-order valence-corrected chi connectivity index (χ4v) is 4.13. The normalized spacial score (nSPS) is 18.7. The fraction of sp³-hybridized carbons (Fsp3) is 0.524. The standard InChI is InChI=1S/C21H27N3O2/c1-2-23-11-8-16(9-12-23)14-20(25)24-13-10-19-18(15-24)21(22-26-19)17-6-4-3-5-7-17/h3-7,16H,2,8-15H2,1H3. The highest BCUT2D eigenvalue weighted by Crippen LogP contribution is 2.31. The number of likely N-dealkylation sites (tertiary alicyclic amines) is 1. The first-order chi connectivity index (χ1) is 12.7. The van der Waals surface area contributed by atoms with Gasteiger partial charge in [-0.05, 0) is 38.4 Å². The summed E-state index contributed by atoms with van der Waals surface area (Å²) in [6.07, 6.45) is 3.72. The molecule has 4 rings (SSSR count). The maximum absolute atomic E-state index is 12.9. The summed E-state index contributed by atoms with van der Waals surface area (Å²) < 4.78 is 5.55. The lowest BCUT2D eigenvalue weighted by Crippen LogP contribution is -2.39. The number of carbonyl (C=O) groups is 1. The molecule has 1 amide bonds. The molecule has 26 heavy (non-hydrogen) atoms. The first-order valence-electron chi connectivity index (χ1n) is 9.77. The molecule has 3 heterocycles. The molecule has 5 nitrogen and oxygen atoms in total. The second kappa shape index (κ2) is 7.62. The van der Waals surface area contributed by atoms with Crippen LogP contribution in [0.4, 0.5) is 0 Å². The van der Waals surface area contributed by atoms with Crippen LogP contribution in [-0.2, 0) is 17.8 Å². The lowest BCUT2D eigenvalue weighted by molar-refractivity contribution is -0.133. The van der Waals surface area contributed by atoms with Crippen LogP contribution in [0.5, 0.6) is 0 Å². The van der Waals surface area contributed by atoms with Gasteiger partial charge in [0.15, 0.2) is 0 Å². The van der Waals surface area contributed by atoms with Crippen molar-refractivity contribution in [2.24, 2.45) is 5.92 Å². The summed E-state index contributed by atoms with van der Waals surface area (Å²) in [6.45, 7) is 6.94. The zero-order valence-electron chi connectivity index (χ0n) is 15.5. The lowest BCUT2D eigenvalue weighted by Gasteiger charge is -2.33. The largest absolute Gasteiger partial charge is 0.360 e. The van der Waals surface area contributed by atoms with Gasteiger partial charge in [-0.15, -0.1) is 0 Å². The molecule has 0 bridgehead atoms. The van der Waals surface area contributed by atoms with E-state index in [4.69, 9.17) is 4.52 Å². The number of hydrogen-bond donors (Lipinski definition) is 0. The Labute approximate surface area is 155 Å². The van der Waals surface area contributed by atoms with Crippen molar-refractivity contribution in [2.45, 2.75) is 39.2 Å². The van der Waals surface area contributed by atoms with E-state index in [1.807, 2.05) is 35.2 Å². The van der Waals surface area contributed by atoms with Gasteiger partial charge in [0, 0.05) is 30.5 Å². The second-order valence-electron chi connectivity index (χ2n) is 7.45. The van der Waals surface area contributed by atoms with Crippen LogP contribution in [0.25, 0.3) is 11.3 Å². The number of benzene rings is 1. The van der Waals surface area contributed by atoms with E-state index in [-0.39, 0.29) is 5.91 Å². The summed E-state index contributed by atoms with van der Waals surface area (Å²) in [6, 6.07) is 10.1. The molecule has 138 valence electrons. The van der Waals surface area contributed by atoms with Crippen LogP contribution in [0.2, 0.25) is 0 Å². The summed E-state index contributed by atoms with van der Waals surface area (Å²) in [5.41, 5.74) is 3.02. The van der Waals surface area contributed by atoms with Gasteiger partial charge < -0.3 is 14.3 Å². The van der Waals surface area contributed by atoms with Crippen LogP contribution >= 0.6 is 0 Å². The molecule has 1 fully saturated rings. The van der Waals surface area contributed by atoms with E-state index in [1.165, 1.54) is 0 Å². The third-order valence-electron chi connectivity index (χ3n) is 5.84. The van der Waals surface area contributed by atoms with Crippen LogP contribution in [0.3, 0.4) is 0 Å². The van der Waals surface area contributed by atoms with Crippen molar-refractivity contribution in [3.8, 4) is 11.3 Å². The minimum Gasteiger partial charge on any atom is -0.360 e. The van der Waals surface area contributed by atoms with Gasteiger partial charge in [-0.3, -0.25) is 4.79 Å². The van der Waals surface area contributed by atoms with E-state index in [2.05, 4.69) is 17.0 Å². The van der Waals surface area contributed by atoms with Crippen molar-refractivity contribution in [1.82, 2.24) is 15.0 Å². The highest BCUT2D eigenvalue weighted by Gasteiger charge is 2.29. The summed E-state index contributed by atoms with van der Waals surface area (Å²) in [4.78, 5) is 17.3. The molecule has 2 aromatic rings. The van der Waals surface area contributed by atoms with Gasteiger partial charge in [0.2, 0.25) is 5.91 Å². The van der Waals surface area contributed by atoms with Crippen molar-refractivity contribution in [2.75, 3.05) is 26.2 Å². The van der Waals surface area contributed by atoms with Crippen molar-refractivity contribution in [3.63, 3.8) is 0 Å². The van der Waals surface area contributed by atoms with Crippen LogP contribution in [0.15, 0.2) is 34.9 Å². The number of aromatic nitrogens is 1. The van der Waals surface area contributed by atoms with Crippen LogP contribution in [-0.4, -0.2) is 47.0 Å². The van der Waals surface area contributed by atoms with Crippen molar-refractivity contribution >= 4 is 5.91 Å². The zero-order chi connectivity index (χ0) is 17.9. The number of fused-ring (bicyclic) bond motifs is 1. The summed E-state index contributed by atoms with van der Waals surface area (Å²) in [5, 5.41) is 4.28. The third-order valence-corrected chi connectivity index (χ3v) is 5.84. The van der Waals surface area contributed by atoms with Gasteiger partial charge in [-0.2, -0.15) is 0 Å². The van der Waals surface area contributed by atoms with Crippen molar-refractivity contribution in [3.05, 3.63) is 41.7 Å². The Hall–Kier alpha value is -2.14. The number of carbonyl (C=O) groups excluding carboxylic acids is 1. The molecule has 0 N–H and O–H groups in total. The Bertz CT molecular complexity index is 748. The van der Waals surface area contributed by atoms with Crippen LogP contribution < -0.4 is 0 Å². The maximum Gasteiger partial charge on any atom is 0.223 e. The Kier molecular flexibility index (Phi) is 5.07. The number of hydrogen-bond acceptors (Lipinski definition) is 4. The first kappa shape index (κ1) is 17.3. The topological polar surface area (TPSA) is 49.6 Å². The highest BCUT2D eigenvalue weighted by molar-refractivity contribution is 5.77. The smallest absolute Gasteiger partial charge is 0.223 e. The predicted molar refractivity (Wildman–Crippen MR) is 101 cm³/mol. The van der Waals surface area contributed by atoms with Gasteiger partial charge in [0.25, 0.3) is 0 Å². The fourth-order valence-electron chi connectivity index (χ4n) is 4.13. The number of nitrogens with zero attached hydrogens (tertiary/aromatic N) is 3. The summed E-state index contributed by atoms with van der Waals surface area (Å²) in [7, 11) is 0. The zero-order valence-corrected chi connectivity index (χ0v) is 15.5. The van der Waals surface area contributed by atoms with Crippen LogP contribution in [0, 0.1) is 5.92 Å². The van der Waals surface area contributed by atoms with Gasteiger partial charge >= 0.3 is 0 Å². The average Bonchev–Trinajstić information content (AvgIpc) is 3.12. The van der Waals surface area contributed by atoms with Gasteiger partial charge in [-0.1, -0.05) is 42.4 Å². The molecule has 0 radical (unpaired) electrons. The van der Waals surface area contributed by atoms with Gasteiger partial charge in [0.1, 0.15) is 11.5 Å². The van der Waals surface area contributed by atoms with E-state index in [0.717, 1.165) is 68.0 Å². The molecule has 2 aliphatic heterocycles. The predicted octanol–water partition coefficient (Wildman–Crippen LogP) is 3.35. The van der Waals surface area contributed by atoms with E-state index < -0.39 is 0 Å². The Balaban J connectivity index is 1.42. The quantitative estimate of drug-likeness (QED) is 0.846. The van der Waals surface area contributed by atoms with E-state index in [0.29, 0.717) is 18.9 Å². The Morgan fingerprint density at radius 2 is 1.96 bits per heavy atom. The van der Waals surface area contributed by atoms with Gasteiger partial charge in [-0.25, -0.2) is 0 Å². The molecule has 0 atom stereocenters. The molecule has 1 saturated heterocycles. The molecule has 5 heteroatoms. The number of amides is 1. The van der Waals surface area contributed by atoms with Crippen molar-refractivity contribution in [1.29, 1.82) is 0 Å². The molecular weight excluding hydrogens is 326 g/mol. The molecule has 0 aliphatic carbocycles. The van der Waals surface area contributed by atoms with Crippen molar-refractivity contribution < 1.29 is 9.32 Å². The van der Waals surface area contributed by atoms with Crippen LogP contribution in [0.1, 0.15) is 37.5 Å². The third kappa shape index (κ3) is 3.54. The van der Waals surface area contributed by atoms with Gasteiger partial charge in [0.05, 0.1) is 6.54 Å². The van der Waals surface area contributed by atoms with E-state index >= 15 is 0 Å². The number of piperidine rings is 1. The summed E-state index contributed by atoms with van der Waals surface area (Å²) in [5.74, 6) is 1.75. The minimum absolute atomic E-state index is 0.283. The van der Waals surface area contributed by atoms with E-state index in [1.54, 1.807) is 0 Å². The monoisotopic (exact) mass is 353 g/mol. The number of rotatable bonds is 4. The highest BCUT2D eigenvalue weighted by atomic mass is 16.5. The summed E-state index contributed by atoms with van der Waals surface area (Å²) >= 11 is 0.